The van der Waals surface area contributed by atoms with Crippen molar-refractivity contribution in [1.82, 2.24) is 19.9 Å². The van der Waals surface area contributed by atoms with Crippen molar-refractivity contribution in [2.75, 3.05) is 0 Å². The number of H-pyrrole nitrogens is 1. The Kier molecular flexibility index (Phi) is 3.69. The Morgan fingerprint density at radius 2 is 2.00 bits per heavy atom. The van der Waals surface area contributed by atoms with Crippen LogP contribution >= 0.6 is 0 Å². The molecule has 0 aliphatic carbocycles. The Morgan fingerprint density at radius 3 is 2.65 bits per heavy atom. The van der Waals surface area contributed by atoms with Crippen LogP contribution in [0.5, 0.6) is 0 Å². The van der Waals surface area contributed by atoms with Gasteiger partial charge in [-0.15, -0.1) is 0 Å². The van der Waals surface area contributed by atoms with Gasteiger partial charge in [-0.05, 0) is 37.1 Å². The number of aromatic amines is 1. The van der Waals surface area contributed by atoms with Gasteiger partial charge < -0.3 is 5.32 Å². The van der Waals surface area contributed by atoms with Crippen molar-refractivity contribution in [2.24, 2.45) is 0 Å². The van der Waals surface area contributed by atoms with Gasteiger partial charge >= 0.3 is 0 Å². The second-order valence-corrected chi connectivity index (χ2v) is 5.30. The summed E-state index contributed by atoms with van der Waals surface area (Å²) in [6.45, 7) is 3.76. The number of aryl methyl sites for hydroxylation is 2. The maximum Gasteiger partial charge on any atom is 0.288 e. The average Bonchev–Trinajstić information content (AvgIpc) is 2.79. The number of nitrogens with zero attached hydrogens (tertiary/aromatic N) is 2. The maximum absolute atomic E-state index is 12.9. The second-order valence-electron chi connectivity index (χ2n) is 5.30. The number of carbonyl (C=O) groups is 1. The third kappa shape index (κ3) is 2.61. The summed E-state index contributed by atoms with van der Waals surface area (Å²) >= 11 is 0. The summed E-state index contributed by atoms with van der Waals surface area (Å²) in [6, 6.07) is 5.91. The molecule has 0 atom stereocenters. The first-order valence-electron chi connectivity index (χ1n) is 7.06. The Hall–Kier alpha value is -2.96. The lowest BCUT2D eigenvalue weighted by Gasteiger charge is -2.06. The molecule has 0 unspecified atom stereocenters. The van der Waals surface area contributed by atoms with Crippen LogP contribution < -0.4 is 10.9 Å². The largest absolute Gasteiger partial charge is 0.348 e. The molecule has 0 fully saturated rings. The number of aromatic nitrogens is 3. The molecule has 0 aliphatic rings. The van der Waals surface area contributed by atoms with E-state index in [1.807, 2.05) is 0 Å². The summed E-state index contributed by atoms with van der Waals surface area (Å²) in [4.78, 5) is 24.4. The van der Waals surface area contributed by atoms with Gasteiger partial charge in [0, 0.05) is 12.2 Å². The van der Waals surface area contributed by atoms with Gasteiger partial charge in [0.15, 0.2) is 0 Å². The summed E-state index contributed by atoms with van der Waals surface area (Å²) in [7, 11) is 0. The number of halogens is 1. The number of benzene rings is 1. The molecule has 1 aromatic carbocycles. The number of fused-ring (bicyclic) bond motifs is 1. The van der Waals surface area contributed by atoms with Gasteiger partial charge in [-0.3, -0.25) is 14.0 Å². The Labute approximate surface area is 131 Å². The molecule has 0 radical (unpaired) electrons. The predicted octanol–water partition coefficient (Wildman–Crippen LogP) is 1.71. The van der Waals surface area contributed by atoms with Gasteiger partial charge in [-0.25, -0.2) is 9.49 Å². The van der Waals surface area contributed by atoms with Gasteiger partial charge in [0.05, 0.1) is 5.56 Å². The van der Waals surface area contributed by atoms with Crippen LogP contribution in [0.1, 0.15) is 27.2 Å². The number of rotatable bonds is 3. The minimum Gasteiger partial charge on any atom is -0.348 e. The lowest BCUT2D eigenvalue weighted by molar-refractivity contribution is 0.0950. The van der Waals surface area contributed by atoms with Crippen molar-refractivity contribution in [2.45, 2.75) is 20.4 Å². The minimum absolute atomic E-state index is 0.277. The normalized spacial score (nSPS) is 10.9. The van der Waals surface area contributed by atoms with Crippen LogP contribution in [0.3, 0.4) is 0 Å². The molecule has 0 saturated heterocycles. The topological polar surface area (TPSA) is 79.3 Å². The monoisotopic (exact) mass is 314 g/mol. The molecule has 3 aromatic rings. The number of nitrogens with one attached hydrogen (secondary N) is 2. The molecule has 2 heterocycles. The van der Waals surface area contributed by atoms with E-state index in [9.17, 15) is 14.0 Å². The lowest BCUT2D eigenvalue weighted by Crippen LogP contribution is -2.23. The van der Waals surface area contributed by atoms with Gasteiger partial charge in [-0.1, -0.05) is 12.1 Å². The van der Waals surface area contributed by atoms with Crippen molar-refractivity contribution in [1.29, 1.82) is 0 Å². The Morgan fingerprint density at radius 1 is 1.30 bits per heavy atom. The van der Waals surface area contributed by atoms with Crippen molar-refractivity contribution in [3.8, 4) is 0 Å². The van der Waals surface area contributed by atoms with E-state index in [1.54, 1.807) is 30.4 Å². The number of hydrogen-bond acceptors (Lipinski definition) is 3. The van der Waals surface area contributed by atoms with E-state index in [1.165, 1.54) is 18.5 Å². The highest BCUT2D eigenvalue weighted by molar-refractivity contribution is 5.99. The van der Waals surface area contributed by atoms with E-state index in [0.29, 0.717) is 22.3 Å². The van der Waals surface area contributed by atoms with Crippen LogP contribution in [0.2, 0.25) is 0 Å². The van der Waals surface area contributed by atoms with E-state index in [4.69, 9.17) is 0 Å². The third-order valence-corrected chi connectivity index (χ3v) is 3.84. The maximum atomic E-state index is 12.9. The van der Waals surface area contributed by atoms with Crippen molar-refractivity contribution < 1.29 is 9.18 Å². The second kappa shape index (κ2) is 5.68. The molecule has 23 heavy (non-hydrogen) atoms. The van der Waals surface area contributed by atoms with E-state index < -0.39 is 0 Å². The Bertz CT molecular complexity index is 941. The zero-order valence-corrected chi connectivity index (χ0v) is 12.7. The summed E-state index contributed by atoms with van der Waals surface area (Å²) in [6.07, 6.45) is 1.47. The fourth-order valence-electron chi connectivity index (χ4n) is 2.69. The first-order chi connectivity index (χ1) is 11.0. The third-order valence-electron chi connectivity index (χ3n) is 3.84. The van der Waals surface area contributed by atoms with Crippen molar-refractivity contribution >= 4 is 11.4 Å². The molecule has 0 spiro atoms. The van der Waals surface area contributed by atoms with Crippen LogP contribution in [-0.4, -0.2) is 20.5 Å². The van der Waals surface area contributed by atoms with Crippen molar-refractivity contribution in [3.05, 3.63) is 69.1 Å². The van der Waals surface area contributed by atoms with E-state index >= 15 is 0 Å². The molecular formula is C16H15FN4O2. The molecule has 0 aliphatic heterocycles. The van der Waals surface area contributed by atoms with Gasteiger partial charge in [-0.2, -0.15) is 5.10 Å². The molecular weight excluding hydrogens is 299 g/mol. The number of amides is 1. The molecule has 2 aromatic heterocycles. The molecule has 6 nitrogen and oxygen atoms in total. The number of carbonyl (C=O) groups excluding carboxylic acids is 1. The van der Waals surface area contributed by atoms with E-state index in [-0.39, 0.29) is 23.8 Å². The first kappa shape index (κ1) is 15.0. The summed E-state index contributed by atoms with van der Waals surface area (Å²) in [5.74, 6) is -0.607. The minimum atomic E-state index is -0.342. The summed E-state index contributed by atoms with van der Waals surface area (Å²) < 4.78 is 14.5. The van der Waals surface area contributed by atoms with Gasteiger partial charge in [0.2, 0.25) is 0 Å². The van der Waals surface area contributed by atoms with Crippen molar-refractivity contribution in [3.63, 3.8) is 0 Å². The zero-order valence-electron chi connectivity index (χ0n) is 12.7. The van der Waals surface area contributed by atoms with Crippen LogP contribution in [0, 0.1) is 19.7 Å². The first-order valence-corrected chi connectivity index (χ1v) is 7.06. The zero-order chi connectivity index (χ0) is 16.6. The fraction of sp³-hybridized carbons (Fsp3) is 0.188. The SMILES string of the molecule is Cc1c(C(=O)NCc2ccc(F)cc2)c(C)n2cn[nH]c(=O)c12. The van der Waals surface area contributed by atoms with Crippen LogP contribution in [-0.2, 0) is 6.54 Å². The lowest BCUT2D eigenvalue weighted by atomic mass is 10.1. The summed E-state index contributed by atoms with van der Waals surface area (Å²) in [5, 5.41) is 8.90. The number of hydrogen-bond donors (Lipinski definition) is 2. The molecule has 0 bridgehead atoms. The quantitative estimate of drug-likeness (QED) is 0.772. The highest BCUT2D eigenvalue weighted by Crippen LogP contribution is 2.19. The van der Waals surface area contributed by atoms with Gasteiger partial charge in [0.25, 0.3) is 11.5 Å². The van der Waals surface area contributed by atoms with Crippen LogP contribution in [0.15, 0.2) is 35.4 Å². The van der Waals surface area contributed by atoms with Crippen LogP contribution in [0.25, 0.3) is 5.52 Å². The van der Waals surface area contributed by atoms with Crippen LogP contribution in [0.4, 0.5) is 4.39 Å². The highest BCUT2D eigenvalue weighted by atomic mass is 19.1. The van der Waals surface area contributed by atoms with Gasteiger partial charge in [0.1, 0.15) is 17.7 Å². The smallest absolute Gasteiger partial charge is 0.288 e. The molecule has 1 amide bonds. The Balaban J connectivity index is 1.91. The van der Waals surface area contributed by atoms with E-state index in [2.05, 4.69) is 15.5 Å². The predicted molar refractivity (Wildman–Crippen MR) is 82.9 cm³/mol. The molecule has 3 rings (SSSR count). The molecule has 0 saturated carbocycles. The highest BCUT2D eigenvalue weighted by Gasteiger charge is 2.20. The average molecular weight is 314 g/mol. The standard InChI is InChI=1S/C16H15FN4O2/c1-9-13(10(2)21-8-19-20-16(23)14(9)21)15(22)18-7-11-3-5-12(17)6-4-11/h3-6,8H,7H2,1-2H3,(H,18,22)(H,20,23). The molecule has 2 N–H and O–H groups in total. The fourth-order valence-corrected chi connectivity index (χ4v) is 2.69. The molecule has 7 heteroatoms. The van der Waals surface area contributed by atoms with E-state index in [0.717, 1.165) is 5.56 Å². The summed E-state index contributed by atoms with van der Waals surface area (Å²) in [5.41, 5.74) is 2.55. The molecule has 118 valence electrons.